The van der Waals surface area contributed by atoms with Crippen LogP contribution in [0.5, 0.6) is 0 Å². The molecule has 33 heavy (non-hydrogen) atoms. The van der Waals surface area contributed by atoms with Crippen LogP contribution in [0, 0.1) is 0 Å². The number of carbonyl (C=O) groups excluding carboxylic acids is 1. The van der Waals surface area contributed by atoms with Crippen LogP contribution in [-0.2, 0) is 15.1 Å². The Kier molecular flexibility index (Phi) is 6.31. The molecule has 3 aliphatic rings. The predicted octanol–water partition coefficient (Wildman–Crippen LogP) is 0.999. The lowest BCUT2D eigenvalue weighted by molar-refractivity contribution is -0.376. The molecule has 3 saturated heterocycles. The number of halogens is 6. The number of hydrogen-bond acceptors (Lipinski definition) is 8. The van der Waals surface area contributed by atoms with Crippen LogP contribution >= 0.6 is 0 Å². The fourth-order valence-electron chi connectivity index (χ4n) is 4.66. The minimum absolute atomic E-state index is 0.0357. The van der Waals surface area contributed by atoms with Crippen molar-refractivity contribution in [3.8, 4) is 0 Å². The number of piperazine rings is 1. The quantitative estimate of drug-likeness (QED) is 0.614. The Hall–Kier alpha value is -2.03. The number of piperidine rings is 1. The number of nitrogens with zero attached hydrogens (tertiary/aromatic N) is 4. The molecule has 1 aromatic rings. The Bertz CT molecular complexity index is 835. The molecule has 1 aromatic heterocycles. The van der Waals surface area contributed by atoms with Gasteiger partial charge in [-0.2, -0.15) is 26.3 Å². The lowest BCUT2D eigenvalue weighted by atomic mass is 9.92. The van der Waals surface area contributed by atoms with Crippen LogP contribution in [0.2, 0.25) is 0 Å². The molecule has 184 valence electrons. The van der Waals surface area contributed by atoms with Gasteiger partial charge in [-0.3, -0.25) is 9.69 Å². The number of carbonyl (C=O) groups is 1. The SMILES string of the molecule is O=C1CC2COCC(C1)N2C[C@H]1CNCCN1c1ncc(C(O)(C(F)(F)F)C(F)(F)F)cn1. The number of ether oxygens (including phenoxy) is 1. The maximum Gasteiger partial charge on any atom is 0.430 e. The van der Waals surface area contributed by atoms with E-state index in [1.54, 1.807) is 4.90 Å². The fraction of sp³-hybridized carbons (Fsp3) is 0.737. The van der Waals surface area contributed by atoms with E-state index in [0.717, 1.165) is 0 Å². The van der Waals surface area contributed by atoms with Crippen molar-refractivity contribution < 1.29 is 41.0 Å². The predicted molar refractivity (Wildman–Crippen MR) is 101 cm³/mol. The Morgan fingerprint density at radius 1 is 1.06 bits per heavy atom. The molecule has 14 heteroatoms. The first-order valence-corrected chi connectivity index (χ1v) is 10.4. The maximum atomic E-state index is 13.1. The number of nitrogens with one attached hydrogen (secondary N) is 1. The minimum atomic E-state index is -6.00. The Balaban J connectivity index is 1.56. The second-order valence-corrected chi connectivity index (χ2v) is 8.52. The summed E-state index contributed by atoms with van der Waals surface area (Å²) >= 11 is 0. The van der Waals surface area contributed by atoms with Gasteiger partial charge in [0.15, 0.2) is 0 Å². The molecule has 3 atom stereocenters. The summed E-state index contributed by atoms with van der Waals surface area (Å²) in [4.78, 5) is 23.3. The molecule has 0 amide bonds. The molecule has 2 N–H and O–H groups in total. The molecule has 0 aromatic carbocycles. The molecule has 3 fully saturated rings. The molecule has 4 rings (SSSR count). The number of hydrogen-bond donors (Lipinski definition) is 2. The molecule has 8 nitrogen and oxygen atoms in total. The third-order valence-corrected chi connectivity index (χ3v) is 6.39. The van der Waals surface area contributed by atoms with Crippen LogP contribution in [0.25, 0.3) is 0 Å². The normalized spacial score (nSPS) is 27.7. The number of aromatic nitrogens is 2. The summed E-state index contributed by atoms with van der Waals surface area (Å²) in [6.45, 7) is 2.72. The van der Waals surface area contributed by atoms with E-state index in [0.29, 0.717) is 64.6 Å². The molecule has 0 aliphatic carbocycles. The van der Waals surface area contributed by atoms with Gasteiger partial charge in [0.2, 0.25) is 5.95 Å². The van der Waals surface area contributed by atoms with Gasteiger partial charge >= 0.3 is 12.4 Å². The number of anilines is 1. The monoisotopic (exact) mass is 483 g/mol. The molecule has 0 radical (unpaired) electrons. The molecule has 3 aliphatic heterocycles. The first-order chi connectivity index (χ1) is 15.4. The highest BCUT2D eigenvalue weighted by Gasteiger charge is 2.71. The van der Waals surface area contributed by atoms with E-state index in [-0.39, 0.29) is 29.9 Å². The van der Waals surface area contributed by atoms with Gasteiger partial charge in [0.25, 0.3) is 5.60 Å². The van der Waals surface area contributed by atoms with Gasteiger partial charge < -0.3 is 20.1 Å². The summed E-state index contributed by atoms with van der Waals surface area (Å²) in [5.74, 6) is 0.135. The zero-order valence-electron chi connectivity index (χ0n) is 17.4. The highest BCUT2D eigenvalue weighted by atomic mass is 19.4. The fourth-order valence-corrected chi connectivity index (χ4v) is 4.66. The van der Waals surface area contributed by atoms with Crippen LogP contribution in [0.3, 0.4) is 0 Å². The van der Waals surface area contributed by atoms with Crippen molar-refractivity contribution in [3.63, 3.8) is 0 Å². The van der Waals surface area contributed by atoms with Crippen molar-refractivity contribution in [2.24, 2.45) is 0 Å². The van der Waals surface area contributed by atoms with E-state index in [1.807, 2.05) is 0 Å². The van der Waals surface area contributed by atoms with Crippen molar-refractivity contribution >= 4 is 11.7 Å². The first-order valence-electron chi connectivity index (χ1n) is 10.4. The van der Waals surface area contributed by atoms with Crippen molar-refractivity contribution in [3.05, 3.63) is 18.0 Å². The maximum absolute atomic E-state index is 13.1. The molecular weight excluding hydrogens is 460 g/mol. The molecule has 2 unspecified atom stereocenters. The van der Waals surface area contributed by atoms with Crippen LogP contribution in [-0.4, -0.2) is 95.6 Å². The van der Waals surface area contributed by atoms with Crippen molar-refractivity contribution in [2.75, 3.05) is 44.3 Å². The van der Waals surface area contributed by atoms with Gasteiger partial charge in [-0.25, -0.2) is 9.97 Å². The lowest BCUT2D eigenvalue weighted by Gasteiger charge is -2.48. The lowest BCUT2D eigenvalue weighted by Crippen LogP contribution is -2.63. The van der Waals surface area contributed by atoms with Crippen LogP contribution in [0.4, 0.5) is 32.3 Å². The molecular formula is C19H23F6N5O3. The average Bonchev–Trinajstić information content (AvgIpc) is 2.73. The number of ketones is 1. The summed E-state index contributed by atoms with van der Waals surface area (Å²) in [6.07, 6.45) is -10.5. The third-order valence-electron chi connectivity index (χ3n) is 6.39. The number of alkyl halides is 6. The van der Waals surface area contributed by atoms with E-state index in [9.17, 15) is 36.2 Å². The van der Waals surface area contributed by atoms with Gasteiger partial charge in [0.1, 0.15) is 5.78 Å². The number of fused-ring (bicyclic) bond motifs is 2. The van der Waals surface area contributed by atoms with Crippen molar-refractivity contribution in [2.45, 2.75) is 48.9 Å². The molecule has 2 bridgehead atoms. The zero-order valence-corrected chi connectivity index (χ0v) is 17.4. The second kappa shape index (κ2) is 8.64. The van der Waals surface area contributed by atoms with E-state index >= 15 is 0 Å². The summed E-state index contributed by atoms with van der Waals surface area (Å²) in [7, 11) is 0. The van der Waals surface area contributed by atoms with Crippen LogP contribution in [0.1, 0.15) is 18.4 Å². The summed E-state index contributed by atoms with van der Waals surface area (Å²) in [6, 6.07) is -0.388. The first kappa shape index (κ1) is 24.1. The Morgan fingerprint density at radius 3 is 2.18 bits per heavy atom. The molecule has 0 saturated carbocycles. The van der Waals surface area contributed by atoms with Gasteiger partial charge in [0, 0.05) is 69.1 Å². The summed E-state index contributed by atoms with van der Waals surface area (Å²) in [5, 5.41) is 12.8. The summed E-state index contributed by atoms with van der Waals surface area (Å²) in [5.41, 5.74) is -6.57. The van der Waals surface area contributed by atoms with Gasteiger partial charge in [-0.1, -0.05) is 0 Å². The number of Topliss-reactive ketones (excluding diaryl/α,β-unsaturated/α-hetero) is 1. The Labute approximate surface area is 184 Å². The van der Waals surface area contributed by atoms with Crippen molar-refractivity contribution in [1.29, 1.82) is 0 Å². The highest BCUT2D eigenvalue weighted by Crippen LogP contribution is 2.49. The third kappa shape index (κ3) is 4.40. The van der Waals surface area contributed by atoms with E-state index in [1.165, 1.54) is 0 Å². The van der Waals surface area contributed by atoms with Crippen LogP contribution < -0.4 is 10.2 Å². The number of rotatable bonds is 4. The largest absolute Gasteiger partial charge is 0.430 e. The van der Waals surface area contributed by atoms with Crippen molar-refractivity contribution in [1.82, 2.24) is 20.2 Å². The molecule has 0 spiro atoms. The highest BCUT2D eigenvalue weighted by molar-refractivity contribution is 5.80. The smallest absolute Gasteiger partial charge is 0.378 e. The van der Waals surface area contributed by atoms with E-state index < -0.39 is 23.5 Å². The summed E-state index contributed by atoms with van der Waals surface area (Å²) < 4.78 is 84.3. The van der Waals surface area contributed by atoms with E-state index in [2.05, 4.69) is 20.2 Å². The van der Waals surface area contributed by atoms with E-state index in [4.69, 9.17) is 4.74 Å². The van der Waals surface area contributed by atoms with Gasteiger partial charge in [-0.15, -0.1) is 0 Å². The minimum Gasteiger partial charge on any atom is -0.378 e. The topological polar surface area (TPSA) is 90.8 Å². The van der Waals surface area contributed by atoms with Gasteiger partial charge in [0.05, 0.1) is 19.3 Å². The van der Waals surface area contributed by atoms with Crippen LogP contribution in [0.15, 0.2) is 12.4 Å². The second-order valence-electron chi connectivity index (χ2n) is 8.52. The molecule has 4 heterocycles. The average molecular weight is 483 g/mol. The number of morpholine rings is 1. The Morgan fingerprint density at radius 2 is 1.64 bits per heavy atom. The zero-order chi connectivity index (χ0) is 24.0. The van der Waals surface area contributed by atoms with Gasteiger partial charge in [-0.05, 0) is 0 Å². The number of aliphatic hydroxyl groups is 1. The standard InChI is InChI=1S/C19H23F6N5O3/c20-18(21,22)17(32,19(23,24)25)11-5-27-16(28-6-11)29-2-1-26-7-14(29)8-30-12-3-15(31)4-13(30)10-33-9-12/h5-6,12-14,26,32H,1-4,7-10H2/t12?,13?,14-/m1/s1.